The molecule has 4 aromatic rings. The molecule has 0 saturated heterocycles. The van der Waals surface area contributed by atoms with Crippen molar-refractivity contribution in [2.45, 2.75) is 45.6 Å². The summed E-state index contributed by atoms with van der Waals surface area (Å²) >= 11 is 0. The van der Waals surface area contributed by atoms with Gasteiger partial charge in [0.1, 0.15) is 5.82 Å². The molecule has 0 unspecified atom stereocenters. The number of ketones is 1. The van der Waals surface area contributed by atoms with E-state index in [1.54, 1.807) is 0 Å². The summed E-state index contributed by atoms with van der Waals surface area (Å²) in [6, 6.07) is 16.2. The number of tetrazole rings is 1. The van der Waals surface area contributed by atoms with Gasteiger partial charge in [0.15, 0.2) is 0 Å². The highest BCUT2D eigenvalue weighted by Crippen LogP contribution is 2.29. The Bertz CT molecular complexity index is 1210. The minimum absolute atomic E-state index is 0.00359. The number of H-pyrrole nitrogens is 1. The van der Waals surface area contributed by atoms with Gasteiger partial charge in [-0.25, -0.2) is 9.67 Å². The van der Waals surface area contributed by atoms with Gasteiger partial charge in [-0.1, -0.05) is 68.0 Å². The number of hydrogen-bond donors (Lipinski definition) is 1. The minimum Gasteiger partial charge on any atom is -0.291 e. The van der Waals surface area contributed by atoms with Gasteiger partial charge in [0.05, 0.1) is 6.54 Å². The van der Waals surface area contributed by atoms with Gasteiger partial charge < -0.3 is 0 Å². The molecule has 0 aliphatic heterocycles. The highest BCUT2D eigenvalue weighted by molar-refractivity contribution is 5.92. The lowest BCUT2D eigenvalue weighted by Gasteiger charge is -2.09. The molecule has 8 heteroatoms. The Morgan fingerprint density at radius 1 is 1.12 bits per heavy atom. The van der Waals surface area contributed by atoms with Crippen LogP contribution in [0.3, 0.4) is 0 Å². The summed E-state index contributed by atoms with van der Waals surface area (Å²) in [5, 5.41) is 18.9. The molecule has 0 aliphatic carbocycles. The molecule has 4 rings (SSSR count). The van der Waals surface area contributed by atoms with Crippen molar-refractivity contribution in [3.8, 4) is 22.5 Å². The molecule has 0 radical (unpaired) electrons. The second-order valence-corrected chi connectivity index (χ2v) is 7.84. The highest BCUT2D eigenvalue weighted by Gasteiger charge is 2.16. The van der Waals surface area contributed by atoms with E-state index in [0.717, 1.165) is 47.3 Å². The van der Waals surface area contributed by atoms with Crippen LogP contribution in [-0.4, -0.2) is 41.2 Å². The molecular formula is C25H27N7O. The van der Waals surface area contributed by atoms with Crippen molar-refractivity contribution >= 4 is 5.78 Å². The van der Waals surface area contributed by atoms with E-state index >= 15 is 0 Å². The summed E-state index contributed by atoms with van der Waals surface area (Å²) in [6.45, 7) is 6.41. The molecule has 0 aliphatic rings. The zero-order valence-corrected chi connectivity index (χ0v) is 18.7. The molecule has 1 N–H and O–H groups in total. The van der Waals surface area contributed by atoms with Crippen molar-refractivity contribution in [1.82, 2.24) is 35.4 Å². The average molecular weight is 442 g/mol. The maximum Gasteiger partial charge on any atom is 0.217 e. The van der Waals surface area contributed by atoms with Crippen molar-refractivity contribution in [3.63, 3.8) is 0 Å². The molecule has 2 heterocycles. The van der Waals surface area contributed by atoms with Crippen LogP contribution in [0.5, 0.6) is 0 Å². The maximum absolute atomic E-state index is 12.5. The van der Waals surface area contributed by atoms with Crippen LogP contribution >= 0.6 is 0 Å². The van der Waals surface area contributed by atoms with E-state index in [1.807, 2.05) is 35.0 Å². The summed E-state index contributed by atoms with van der Waals surface area (Å²) < 4.78 is 1.84. The zero-order valence-electron chi connectivity index (χ0n) is 18.7. The van der Waals surface area contributed by atoms with Gasteiger partial charge in [0.25, 0.3) is 0 Å². The van der Waals surface area contributed by atoms with Crippen LogP contribution in [0, 0.1) is 0 Å². The topological polar surface area (TPSA) is 102 Å². The van der Waals surface area contributed by atoms with Gasteiger partial charge in [-0.2, -0.15) is 5.21 Å². The Labute approximate surface area is 192 Å². The predicted molar refractivity (Wildman–Crippen MR) is 127 cm³/mol. The second-order valence-electron chi connectivity index (χ2n) is 7.84. The molecule has 0 bridgehead atoms. The van der Waals surface area contributed by atoms with E-state index < -0.39 is 0 Å². The smallest absolute Gasteiger partial charge is 0.217 e. The van der Waals surface area contributed by atoms with Crippen LogP contribution in [0.25, 0.3) is 22.5 Å². The van der Waals surface area contributed by atoms with Crippen molar-refractivity contribution < 1.29 is 4.79 Å². The van der Waals surface area contributed by atoms with E-state index in [1.165, 1.54) is 0 Å². The molecule has 168 valence electrons. The Kier molecular flexibility index (Phi) is 7.14. The average Bonchev–Trinajstić information content (AvgIpc) is 3.52. The fraction of sp³-hybridized carbons (Fsp3) is 0.280. The number of carbonyl (C=O) groups excluding carboxylic acids is 1. The summed E-state index contributed by atoms with van der Waals surface area (Å²) in [5.41, 5.74) is 4.08. The number of hydrogen-bond acceptors (Lipinski definition) is 6. The summed E-state index contributed by atoms with van der Waals surface area (Å²) in [7, 11) is 0. The number of aromatic amines is 1. The third kappa shape index (κ3) is 5.28. The van der Waals surface area contributed by atoms with Crippen LogP contribution in [0.4, 0.5) is 0 Å². The number of nitrogens with zero attached hydrogens (tertiary/aromatic N) is 6. The molecule has 0 fully saturated rings. The molecular weight excluding hydrogens is 414 g/mol. The van der Waals surface area contributed by atoms with Gasteiger partial charge >= 0.3 is 0 Å². The number of Topliss-reactive ketones (excluding diaryl/α,β-unsaturated/α-hetero) is 1. The van der Waals surface area contributed by atoms with E-state index in [0.29, 0.717) is 31.0 Å². The molecule has 2 aromatic heterocycles. The lowest BCUT2D eigenvalue weighted by atomic mass is 9.98. The third-order valence-corrected chi connectivity index (χ3v) is 5.44. The summed E-state index contributed by atoms with van der Waals surface area (Å²) in [6.07, 6.45) is 5.64. The summed E-state index contributed by atoms with van der Waals surface area (Å²) in [5.74, 6) is 1.68. The van der Waals surface area contributed by atoms with Crippen LogP contribution in [-0.2, 0) is 13.0 Å². The number of benzene rings is 2. The quantitative estimate of drug-likeness (QED) is 0.268. The van der Waals surface area contributed by atoms with Crippen LogP contribution < -0.4 is 0 Å². The first-order chi connectivity index (χ1) is 16.2. The fourth-order valence-electron chi connectivity index (χ4n) is 3.65. The van der Waals surface area contributed by atoms with Crippen molar-refractivity contribution in [2.75, 3.05) is 0 Å². The maximum atomic E-state index is 12.5. The first-order valence-electron chi connectivity index (χ1n) is 11.2. The Hall–Kier alpha value is -3.94. The standard InChI is InChI=1S/C25H27N7O/c1-3-5-11-22(33)25-26-23(12-6-4-2)32(29-25)17-18-13-15-19(16-14-18)20-9-7-8-10-21(20)24-27-30-31-28-24/h4,7-10,13-16H,2-3,5-6,11-12,17H2,1H3,(H,27,28,30,31). The van der Waals surface area contributed by atoms with Crippen LogP contribution in [0.1, 0.15) is 54.6 Å². The molecule has 33 heavy (non-hydrogen) atoms. The molecule has 2 aromatic carbocycles. The van der Waals surface area contributed by atoms with Crippen molar-refractivity contribution in [1.29, 1.82) is 0 Å². The number of rotatable bonds is 11. The molecule has 8 nitrogen and oxygen atoms in total. The van der Waals surface area contributed by atoms with E-state index in [2.05, 4.69) is 68.5 Å². The van der Waals surface area contributed by atoms with Gasteiger partial charge in [0, 0.05) is 18.4 Å². The van der Waals surface area contributed by atoms with Gasteiger partial charge in [-0.05, 0) is 34.7 Å². The first-order valence-corrected chi connectivity index (χ1v) is 11.2. The number of carbonyl (C=O) groups is 1. The minimum atomic E-state index is 0.00359. The van der Waals surface area contributed by atoms with Gasteiger partial charge in [-0.15, -0.1) is 21.9 Å². The SMILES string of the molecule is C=CCCc1nc(C(=O)CCCC)nn1Cc1ccc(-c2ccccc2-c2nn[nH]n2)cc1. The highest BCUT2D eigenvalue weighted by atomic mass is 16.1. The van der Waals surface area contributed by atoms with Crippen LogP contribution in [0.15, 0.2) is 61.2 Å². The van der Waals surface area contributed by atoms with E-state index in [9.17, 15) is 4.79 Å². The summed E-state index contributed by atoms with van der Waals surface area (Å²) in [4.78, 5) is 17.0. The molecule has 0 spiro atoms. The molecule has 0 amide bonds. The van der Waals surface area contributed by atoms with E-state index in [4.69, 9.17) is 0 Å². The predicted octanol–water partition coefficient (Wildman–Crippen LogP) is 4.67. The largest absolute Gasteiger partial charge is 0.291 e. The zero-order chi connectivity index (χ0) is 23.0. The Morgan fingerprint density at radius 2 is 1.91 bits per heavy atom. The number of unbranched alkanes of at least 4 members (excludes halogenated alkanes) is 1. The second kappa shape index (κ2) is 10.6. The van der Waals surface area contributed by atoms with Crippen molar-refractivity contribution in [3.05, 3.63) is 78.4 Å². The Balaban J connectivity index is 1.57. The lowest BCUT2D eigenvalue weighted by molar-refractivity contribution is 0.0969. The van der Waals surface area contributed by atoms with Crippen molar-refractivity contribution in [2.24, 2.45) is 0 Å². The normalized spacial score (nSPS) is 10.9. The van der Waals surface area contributed by atoms with Gasteiger partial charge in [-0.3, -0.25) is 4.79 Å². The third-order valence-electron chi connectivity index (χ3n) is 5.44. The number of aryl methyl sites for hydroxylation is 1. The lowest BCUT2D eigenvalue weighted by Crippen LogP contribution is -2.08. The number of nitrogens with one attached hydrogen (secondary N) is 1. The van der Waals surface area contributed by atoms with E-state index in [-0.39, 0.29) is 5.78 Å². The Morgan fingerprint density at radius 3 is 2.61 bits per heavy atom. The molecule has 0 atom stereocenters. The first kappa shape index (κ1) is 22.3. The number of allylic oxidation sites excluding steroid dienone is 1. The van der Waals surface area contributed by atoms with Gasteiger partial charge in [0.2, 0.25) is 17.4 Å². The number of aromatic nitrogens is 7. The fourth-order valence-corrected chi connectivity index (χ4v) is 3.65. The van der Waals surface area contributed by atoms with Crippen LogP contribution in [0.2, 0.25) is 0 Å². The monoisotopic (exact) mass is 441 g/mol. The molecule has 0 saturated carbocycles.